The van der Waals surface area contributed by atoms with Gasteiger partial charge in [0, 0.05) is 24.5 Å². The molecule has 106 valence electrons. The van der Waals surface area contributed by atoms with Crippen LogP contribution in [-0.2, 0) is 13.0 Å². The van der Waals surface area contributed by atoms with Crippen molar-refractivity contribution in [3.8, 4) is 11.4 Å². The maximum Gasteiger partial charge on any atom is 0.231 e. The van der Waals surface area contributed by atoms with Gasteiger partial charge in [-0.25, -0.2) is 0 Å². The monoisotopic (exact) mass is 280 g/mol. The van der Waals surface area contributed by atoms with Gasteiger partial charge >= 0.3 is 0 Å². The average molecular weight is 280 g/mol. The summed E-state index contributed by atoms with van der Waals surface area (Å²) < 4.78 is 5.36. The van der Waals surface area contributed by atoms with Crippen molar-refractivity contribution in [2.45, 2.75) is 19.9 Å². The van der Waals surface area contributed by atoms with E-state index in [1.807, 2.05) is 37.3 Å². The number of benzene rings is 1. The Morgan fingerprint density at radius 3 is 2.71 bits per heavy atom. The Kier molecular flexibility index (Phi) is 3.75. The highest BCUT2D eigenvalue weighted by Gasteiger charge is 2.12. The second-order valence-electron chi connectivity index (χ2n) is 4.85. The minimum Gasteiger partial charge on any atom is -0.339 e. The molecule has 5 heteroatoms. The van der Waals surface area contributed by atoms with Crippen LogP contribution in [0, 0.1) is 6.92 Å². The SMILES string of the molecule is Cc1cnccc1-c1noc(Cc2ccccc2CN)n1. The van der Waals surface area contributed by atoms with Crippen molar-refractivity contribution in [2.75, 3.05) is 0 Å². The Morgan fingerprint density at radius 2 is 1.95 bits per heavy atom. The number of nitrogens with zero attached hydrogens (tertiary/aromatic N) is 3. The molecule has 3 rings (SSSR count). The molecule has 0 saturated heterocycles. The van der Waals surface area contributed by atoms with Crippen molar-refractivity contribution in [1.29, 1.82) is 0 Å². The summed E-state index contributed by atoms with van der Waals surface area (Å²) in [6.45, 7) is 2.47. The van der Waals surface area contributed by atoms with E-state index >= 15 is 0 Å². The van der Waals surface area contributed by atoms with Crippen molar-refractivity contribution in [3.05, 3.63) is 65.3 Å². The Morgan fingerprint density at radius 1 is 1.14 bits per heavy atom. The molecule has 0 aliphatic heterocycles. The van der Waals surface area contributed by atoms with Crippen LogP contribution in [0.4, 0.5) is 0 Å². The Hall–Kier alpha value is -2.53. The van der Waals surface area contributed by atoms with Gasteiger partial charge in [0.25, 0.3) is 0 Å². The van der Waals surface area contributed by atoms with Gasteiger partial charge in [-0.2, -0.15) is 4.98 Å². The fourth-order valence-corrected chi connectivity index (χ4v) is 2.25. The van der Waals surface area contributed by atoms with Crippen LogP contribution in [0.3, 0.4) is 0 Å². The average Bonchev–Trinajstić information content (AvgIpc) is 2.96. The maximum absolute atomic E-state index is 5.75. The smallest absolute Gasteiger partial charge is 0.231 e. The molecular weight excluding hydrogens is 264 g/mol. The molecule has 3 aromatic rings. The largest absolute Gasteiger partial charge is 0.339 e. The van der Waals surface area contributed by atoms with Crippen LogP contribution in [-0.4, -0.2) is 15.1 Å². The van der Waals surface area contributed by atoms with Crippen molar-refractivity contribution in [3.63, 3.8) is 0 Å². The number of rotatable bonds is 4. The van der Waals surface area contributed by atoms with Crippen LogP contribution < -0.4 is 5.73 Å². The van der Waals surface area contributed by atoms with Gasteiger partial charge < -0.3 is 10.3 Å². The molecule has 0 fully saturated rings. The first-order valence-corrected chi connectivity index (χ1v) is 6.78. The van der Waals surface area contributed by atoms with Crippen LogP contribution in [0.2, 0.25) is 0 Å². The maximum atomic E-state index is 5.75. The lowest BCUT2D eigenvalue weighted by Crippen LogP contribution is -2.02. The lowest BCUT2D eigenvalue weighted by molar-refractivity contribution is 0.385. The van der Waals surface area contributed by atoms with Crippen LogP contribution in [0.1, 0.15) is 22.6 Å². The summed E-state index contributed by atoms with van der Waals surface area (Å²) in [6, 6.07) is 9.89. The quantitative estimate of drug-likeness (QED) is 0.794. The molecule has 0 aliphatic rings. The summed E-state index contributed by atoms with van der Waals surface area (Å²) in [5.74, 6) is 1.18. The van der Waals surface area contributed by atoms with Gasteiger partial charge in [0.1, 0.15) is 0 Å². The molecule has 5 nitrogen and oxygen atoms in total. The Bertz CT molecular complexity index is 751. The summed E-state index contributed by atoms with van der Waals surface area (Å²) in [5, 5.41) is 4.05. The molecule has 0 amide bonds. The summed E-state index contributed by atoms with van der Waals surface area (Å²) in [6.07, 6.45) is 4.10. The molecule has 2 heterocycles. The number of hydrogen-bond donors (Lipinski definition) is 1. The van der Waals surface area contributed by atoms with Crippen LogP contribution in [0.15, 0.2) is 47.2 Å². The van der Waals surface area contributed by atoms with E-state index in [2.05, 4.69) is 15.1 Å². The zero-order valence-electron chi connectivity index (χ0n) is 11.8. The summed E-state index contributed by atoms with van der Waals surface area (Å²) in [5.41, 5.74) is 9.91. The standard InChI is InChI=1S/C16H16N4O/c1-11-10-18-7-6-14(11)16-19-15(21-20-16)8-12-4-2-3-5-13(12)9-17/h2-7,10H,8-9,17H2,1H3. The van der Waals surface area contributed by atoms with Gasteiger partial charge in [-0.3, -0.25) is 4.98 Å². The molecular formula is C16H16N4O. The van der Waals surface area contributed by atoms with Crippen LogP contribution in [0.25, 0.3) is 11.4 Å². The van der Waals surface area contributed by atoms with Crippen molar-refractivity contribution >= 4 is 0 Å². The molecule has 1 aromatic carbocycles. The number of pyridine rings is 1. The molecule has 0 bridgehead atoms. The predicted molar refractivity (Wildman–Crippen MR) is 79.4 cm³/mol. The summed E-state index contributed by atoms with van der Waals surface area (Å²) in [4.78, 5) is 8.53. The Balaban J connectivity index is 1.87. The van der Waals surface area contributed by atoms with Crippen molar-refractivity contribution in [2.24, 2.45) is 5.73 Å². The molecule has 0 unspecified atom stereocenters. The lowest BCUT2D eigenvalue weighted by Gasteiger charge is -2.03. The van der Waals surface area contributed by atoms with E-state index < -0.39 is 0 Å². The van der Waals surface area contributed by atoms with E-state index in [1.165, 1.54) is 0 Å². The molecule has 21 heavy (non-hydrogen) atoms. The molecule has 2 aromatic heterocycles. The van der Waals surface area contributed by atoms with Gasteiger partial charge in [-0.05, 0) is 29.7 Å². The van der Waals surface area contributed by atoms with Crippen molar-refractivity contribution in [1.82, 2.24) is 15.1 Å². The first kappa shape index (κ1) is 13.5. The number of aryl methyl sites for hydroxylation is 1. The number of aromatic nitrogens is 3. The van der Waals surface area contributed by atoms with Gasteiger partial charge in [0.15, 0.2) is 0 Å². The zero-order valence-corrected chi connectivity index (χ0v) is 11.8. The highest BCUT2D eigenvalue weighted by molar-refractivity contribution is 5.58. The van der Waals surface area contributed by atoms with Crippen LogP contribution >= 0.6 is 0 Å². The minimum atomic E-state index is 0.501. The molecule has 0 radical (unpaired) electrons. The van der Waals surface area contributed by atoms with Gasteiger partial charge in [-0.1, -0.05) is 29.4 Å². The van der Waals surface area contributed by atoms with E-state index in [9.17, 15) is 0 Å². The van der Waals surface area contributed by atoms with E-state index in [1.54, 1.807) is 12.4 Å². The topological polar surface area (TPSA) is 77.8 Å². The van der Waals surface area contributed by atoms with Crippen LogP contribution in [0.5, 0.6) is 0 Å². The van der Waals surface area contributed by atoms with E-state index in [0.717, 1.165) is 22.3 Å². The summed E-state index contributed by atoms with van der Waals surface area (Å²) in [7, 11) is 0. The molecule has 0 aliphatic carbocycles. The fourth-order valence-electron chi connectivity index (χ4n) is 2.25. The first-order chi connectivity index (χ1) is 10.3. The molecule has 0 saturated carbocycles. The number of hydrogen-bond acceptors (Lipinski definition) is 5. The third kappa shape index (κ3) is 2.83. The number of nitrogens with two attached hydrogens (primary N) is 1. The first-order valence-electron chi connectivity index (χ1n) is 6.78. The Labute approximate surface area is 122 Å². The van der Waals surface area contributed by atoms with Gasteiger partial charge in [0.2, 0.25) is 11.7 Å². The second kappa shape index (κ2) is 5.85. The van der Waals surface area contributed by atoms with E-state index in [-0.39, 0.29) is 0 Å². The lowest BCUT2D eigenvalue weighted by atomic mass is 10.0. The zero-order chi connectivity index (χ0) is 14.7. The van der Waals surface area contributed by atoms with E-state index in [4.69, 9.17) is 10.3 Å². The third-order valence-electron chi connectivity index (χ3n) is 3.41. The van der Waals surface area contributed by atoms with Gasteiger partial charge in [-0.15, -0.1) is 0 Å². The van der Waals surface area contributed by atoms with Gasteiger partial charge in [0.05, 0.1) is 6.42 Å². The normalized spacial score (nSPS) is 10.8. The van der Waals surface area contributed by atoms with Crippen molar-refractivity contribution < 1.29 is 4.52 Å². The van der Waals surface area contributed by atoms with E-state index in [0.29, 0.717) is 24.7 Å². The fraction of sp³-hybridized carbons (Fsp3) is 0.188. The minimum absolute atomic E-state index is 0.501. The highest BCUT2D eigenvalue weighted by Crippen LogP contribution is 2.20. The highest BCUT2D eigenvalue weighted by atomic mass is 16.5. The second-order valence-corrected chi connectivity index (χ2v) is 4.85. The predicted octanol–water partition coefficient (Wildman–Crippen LogP) is 2.49. The molecule has 2 N–H and O–H groups in total. The summed E-state index contributed by atoms with van der Waals surface area (Å²) >= 11 is 0. The third-order valence-corrected chi connectivity index (χ3v) is 3.41. The molecule has 0 spiro atoms. The molecule has 0 atom stereocenters.